The zero-order chi connectivity index (χ0) is 10.6. The van der Waals surface area contributed by atoms with Crippen LogP contribution in [0.4, 0.5) is 19.2 Å². The molecular formula is C6H7ClF3N3O. The Bertz CT molecular complexity index is 288. The van der Waals surface area contributed by atoms with Crippen LogP contribution in [0.2, 0.25) is 0 Å². The second-order valence-corrected chi connectivity index (χ2v) is 2.79. The molecule has 0 spiro atoms. The van der Waals surface area contributed by atoms with Crippen LogP contribution in [-0.4, -0.2) is 28.8 Å². The predicted molar refractivity (Wildman–Crippen MR) is 43.3 cm³/mol. The van der Waals surface area contributed by atoms with Crippen molar-refractivity contribution in [3.8, 4) is 0 Å². The Morgan fingerprint density at radius 1 is 1.36 bits per heavy atom. The quantitative estimate of drug-likeness (QED) is 0.801. The van der Waals surface area contributed by atoms with Crippen LogP contribution in [-0.2, 0) is 6.42 Å². The first kappa shape index (κ1) is 11.1. The molecule has 1 aromatic heterocycles. The molecule has 1 aromatic rings. The van der Waals surface area contributed by atoms with Crippen LogP contribution in [0.1, 0.15) is 5.89 Å². The van der Waals surface area contributed by atoms with Gasteiger partial charge in [-0.05, 0) is 0 Å². The molecule has 0 aliphatic heterocycles. The van der Waals surface area contributed by atoms with Crippen molar-refractivity contribution in [3.05, 3.63) is 5.89 Å². The Hall–Kier alpha value is -0.980. The fourth-order valence-corrected chi connectivity index (χ4v) is 0.844. The van der Waals surface area contributed by atoms with E-state index in [0.717, 1.165) is 0 Å². The first-order valence-electron chi connectivity index (χ1n) is 3.70. The maximum atomic E-state index is 11.7. The third kappa shape index (κ3) is 3.82. The Balaban J connectivity index is 2.44. The van der Waals surface area contributed by atoms with Crippen molar-refractivity contribution >= 4 is 17.6 Å². The van der Waals surface area contributed by atoms with E-state index in [4.69, 9.17) is 16.0 Å². The highest BCUT2D eigenvalue weighted by Crippen LogP contribution is 2.15. The SMILES string of the molecule is FC(F)(F)CNc1nnc(CCCl)o1. The average molecular weight is 230 g/mol. The molecule has 4 nitrogen and oxygen atoms in total. The first-order chi connectivity index (χ1) is 6.51. The monoisotopic (exact) mass is 229 g/mol. The number of hydrogen-bond donors (Lipinski definition) is 1. The summed E-state index contributed by atoms with van der Waals surface area (Å²) in [5.74, 6) is 0.491. The predicted octanol–water partition coefficient (Wildman–Crippen LogP) is 1.83. The highest BCUT2D eigenvalue weighted by molar-refractivity contribution is 6.17. The molecule has 0 atom stereocenters. The summed E-state index contributed by atoms with van der Waals surface area (Å²) in [6, 6.07) is -0.248. The van der Waals surface area contributed by atoms with E-state index >= 15 is 0 Å². The van der Waals surface area contributed by atoms with Crippen LogP contribution in [0.3, 0.4) is 0 Å². The summed E-state index contributed by atoms with van der Waals surface area (Å²) in [5.41, 5.74) is 0. The number of nitrogens with one attached hydrogen (secondary N) is 1. The van der Waals surface area contributed by atoms with Crippen molar-refractivity contribution in [2.45, 2.75) is 12.6 Å². The van der Waals surface area contributed by atoms with Gasteiger partial charge in [0.1, 0.15) is 6.54 Å². The third-order valence-corrected chi connectivity index (χ3v) is 1.40. The molecule has 0 radical (unpaired) electrons. The molecule has 0 amide bonds. The summed E-state index contributed by atoms with van der Waals surface area (Å²) in [6.45, 7) is -1.20. The normalized spacial score (nSPS) is 11.7. The van der Waals surface area contributed by atoms with Gasteiger partial charge >= 0.3 is 12.2 Å². The van der Waals surface area contributed by atoms with Gasteiger partial charge in [0.15, 0.2) is 0 Å². The zero-order valence-electron chi connectivity index (χ0n) is 6.94. The molecule has 1 rings (SSSR count). The summed E-state index contributed by atoms with van der Waals surface area (Å²) in [5, 5.41) is 8.78. The summed E-state index contributed by atoms with van der Waals surface area (Å²) in [6.07, 6.45) is -3.97. The number of aryl methyl sites for hydroxylation is 1. The maximum absolute atomic E-state index is 11.7. The van der Waals surface area contributed by atoms with Crippen LogP contribution >= 0.6 is 11.6 Å². The maximum Gasteiger partial charge on any atom is 0.405 e. The van der Waals surface area contributed by atoms with Crippen molar-refractivity contribution < 1.29 is 17.6 Å². The lowest BCUT2D eigenvalue weighted by Crippen LogP contribution is -2.21. The average Bonchev–Trinajstić information content (AvgIpc) is 2.49. The van der Waals surface area contributed by atoms with E-state index in [1.165, 1.54) is 0 Å². The molecule has 0 fully saturated rings. The standard InChI is InChI=1S/C6H7ClF3N3O/c7-2-1-4-12-13-5(14-4)11-3-6(8,9)10/h1-3H2,(H,11,13). The number of alkyl halides is 4. The van der Waals surface area contributed by atoms with E-state index in [-0.39, 0.29) is 17.8 Å². The largest absolute Gasteiger partial charge is 0.408 e. The van der Waals surface area contributed by atoms with E-state index in [0.29, 0.717) is 6.42 Å². The zero-order valence-corrected chi connectivity index (χ0v) is 7.69. The summed E-state index contributed by atoms with van der Waals surface area (Å²) < 4.78 is 40.0. The minimum atomic E-state index is -4.30. The molecule has 1 N–H and O–H groups in total. The van der Waals surface area contributed by atoms with Crippen molar-refractivity contribution in [3.63, 3.8) is 0 Å². The number of rotatable bonds is 4. The number of halogens is 4. The lowest BCUT2D eigenvalue weighted by atomic mass is 10.5. The van der Waals surface area contributed by atoms with Gasteiger partial charge in [0.2, 0.25) is 5.89 Å². The van der Waals surface area contributed by atoms with Gasteiger partial charge in [-0.2, -0.15) is 13.2 Å². The van der Waals surface area contributed by atoms with Crippen molar-refractivity contribution in [2.24, 2.45) is 0 Å². The smallest absolute Gasteiger partial charge is 0.405 e. The number of hydrogen-bond acceptors (Lipinski definition) is 4. The molecule has 0 unspecified atom stereocenters. The fourth-order valence-electron chi connectivity index (χ4n) is 0.683. The highest BCUT2D eigenvalue weighted by atomic mass is 35.5. The number of nitrogens with zero attached hydrogens (tertiary/aromatic N) is 2. The van der Waals surface area contributed by atoms with Gasteiger partial charge in [-0.15, -0.1) is 16.7 Å². The van der Waals surface area contributed by atoms with Crippen molar-refractivity contribution in [1.29, 1.82) is 0 Å². The Morgan fingerprint density at radius 3 is 2.64 bits per heavy atom. The van der Waals surface area contributed by atoms with Crippen LogP contribution < -0.4 is 5.32 Å². The molecular weight excluding hydrogens is 223 g/mol. The molecule has 8 heteroatoms. The lowest BCUT2D eigenvalue weighted by Gasteiger charge is -2.04. The van der Waals surface area contributed by atoms with Gasteiger partial charge in [0.05, 0.1) is 0 Å². The topological polar surface area (TPSA) is 51.0 Å². The fraction of sp³-hybridized carbons (Fsp3) is 0.667. The summed E-state index contributed by atoms with van der Waals surface area (Å²) in [7, 11) is 0. The van der Waals surface area contributed by atoms with Gasteiger partial charge in [0.25, 0.3) is 0 Å². The van der Waals surface area contributed by atoms with Crippen molar-refractivity contribution in [2.75, 3.05) is 17.7 Å². The van der Waals surface area contributed by atoms with Crippen molar-refractivity contribution in [1.82, 2.24) is 10.2 Å². The molecule has 0 saturated heterocycles. The molecule has 80 valence electrons. The minimum Gasteiger partial charge on any atom is -0.408 e. The Labute approximate surface area is 82.4 Å². The van der Waals surface area contributed by atoms with E-state index in [1.54, 1.807) is 0 Å². The molecule has 0 aliphatic rings. The van der Waals surface area contributed by atoms with Crippen LogP contribution in [0.15, 0.2) is 4.42 Å². The van der Waals surface area contributed by atoms with E-state index < -0.39 is 12.7 Å². The van der Waals surface area contributed by atoms with E-state index in [2.05, 4.69) is 10.2 Å². The van der Waals surface area contributed by atoms with E-state index in [9.17, 15) is 13.2 Å². The molecule has 0 bridgehead atoms. The highest BCUT2D eigenvalue weighted by Gasteiger charge is 2.27. The van der Waals surface area contributed by atoms with Gasteiger partial charge in [0, 0.05) is 12.3 Å². The van der Waals surface area contributed by atoms with Gasteiger partial charge in [-0.25, -0.2) is 0 Å². The Kier molecular flexibility index (Phi) is 3.56. The minimum absolute atomic E-state index is 0.213. The van der Waals surface area contributed by atoms with Crippen LogP contribution in [0.5, 0.6) is 0 Å². The van der Waals surface area contributed by atoms with Gasteiger partial charge < -0.3 is 9.73 Å². The third-order valence-electron chi connectivity index (χ3n) is 1.22. The van der Waals surface area contributed by atoms with Gasteiger partial charge in [-0.3, -0.25) is 0 Å². The summed E-state index contributed by atoms with van der Waals surface area (Å²) >= 11 is 5.37. The second-order valence-electron chi connectivity index (χ2n) is 2.41. The molecule has 14 heavy (non-hydrogen) atoms. The molecule has 0 aromatic carbocycles. The van der Waals surface area contributed by atoms with Crippen LogP contribution in [0, 0.1) is 0 Å². The molecule has 1 heterocycles. The lowest BCUT2D eigenvalue weighted by molar-refractivity contribution is -0.115. The first-order valence-corrected chi connectivity index (χ1v) is 4.23. The Morgan fingerprint density at radius 2 is 2.07 bits per heavy atom. The second kappa shape index (κ2) is 4.50. The van der Waals surface area contributed by atoms with Crippen LogP contribution in [0.25, 0.3) is 0 Å². The molecule has 0 saturated carbocycles. The number of aromatic nitrogens is 2. The molecule has 0 aliphatic carbocycles. The van der Waals surface area contributed by atoms with E-state index in [1.807, 2.05) is 5.32 Å². The summed E-state index contributed by atoms with van der Waals surface area (Å²) in [4.78, 5) is 0. The number of anilines is 1. The van der Waals surface area contributed by atoms with Gasteiger partial charge in [-0.1, -0.05) is 5.10 Å².